The van der Waals surface area contributed by atoms with E-state index < -0.39 is 41.8 Å². The Kier molecular flexibility index (Phi) is 6.79. The van der Waals surface area contributed by atoms with Crippen LogP contribution in [0.4, 0.5) is 23.4 Å². The van der Waals surface area contributed by atoms with Crippen molar-refractivity contribution in [2.75, 3.05) is 18.4 Å². The van der Waals surface area contributed by atoms with Gasteiger partial charge in [0, 0.05) is 57.6 Å². The lowest BCUT2D eigenvalue weighted by atomic mass is 9.87. The van der Waals surface area contributed by atoms with Gasteiger partial charge in [-0.1, -0.05) is 6.07 Å². The van der Waals surface area contributed by atoms with Gasteiger partial charge in [-0.25, -0.2) is 22.5 Å². The molecule has 1 aromatic carbocycles. The number of benzene rings is 1. The zero-order valence-corrected chi connectivity index (χ0v) is 19.2. The molecule has 1 saturated heterocycles. The molecule has 0 bridgehead atoms. The lowest BCUT2D eigenvalue weighted by Crippen LogP contribution is -2.52. The second-order valence-electron chi connectivity index (χ2n) is 8.84. The Morgan fingerprint density at radius 1 is 1.20 bits per heavy atom. The average Bonchev–Trinajstić information content (AvgIpc) is 3.21. The van der Waals surface area contributed by atoms with Crippen LogP contribution in [0.3, 0.4) is 0 Å². The van der Waals surface area contributed by atoms with E-state index in [9.17, 15) is 27.2 Å². The number of aryl methyl sites for hydroxylation is 1. The number of amides is 1. The van der Waals surface area contributed by atoms with E-state index in [0.29, 0.717) is 11.1 Å². The summed E-state index contributed by atoms with van der Waals surface area (Å²) in [6.07, 6.45) is 3.93. The lowest BCUT2D eigenvalue weighted by molar-refractivity contribution is -0.125. The zero-order valence-electron chi connectivity index (χ0n) is 19.2. The molecule has 0 spiro atoms. The molecule has 11 heteroatoms. The molecule has 3 heterocycles. The Morgan fingerprint density at radius 2 is 1.91 bits per heavy atom. The first-order chi connectivity index (χ1) is 16.5. The molecule has 186 valence electrons. The van der Waals surface area contributed by atoms with Crippen LogP contribution in [0.2, 0.25) is 0 Å². The van der Waals surface area contributed by atoms with Crippen molar-refractivity contribution in [1.82, 2.24) is 19.0 Å². The van der Waals surface area contributed by atoms with Crippen LogP contribution in [-0.4, -0.2) is 50.0 Å². The summed E-state index contributed by atoms with van der Waals surface area (Å²) < 4.78 is 59.1. The van der Waals surface area contributed by atoms with E-state index in [4.69, 9.17) is 0 Å². The van der Waals surface area contributed by atoms with Crippen molar-refractivity contribution in [2.45, 2.75) is 37.8 Å². The van der Waals surface area contributed by atoms with Gasteiger partial charge in [0.2, 0.25) is 11.5 Å². The Hall–Kier alpha value is -3.47. The summed E-state index contributed by atoms with van der Waals surface area (Å²) in [6.45, 7) is 1.75. The van der Waals surface area contributed by atoms with E-state index in [1.54, 1.807) is 16.4 Å². The predicted molar refractivity (Wildman–Crippen MR) is 121 cm³/mol. The number of pyridine rings is 1. The fourth-order valence-electron chi connectivity index (χ4n) is 4.27. The number of nitrogens with one attached hydrogen (secondary N) is 1. The number of alkyl halides is 2. The number of anilines is 1. The number of halogens is 4. The molecule has 0 radical (unpaired) electrons. The number of carbonyl (C=O) groups excluding carboxylic acids is 1. The third-order valence-electron chi connectivity index (χ3n) is 6.27. The Bertz CT molecular complexity index is 1270. The van der Waals surface area contributed by atoms with Gasteiger partial charge in [0.05, 0.1) is 18.3 Å². The highest BCUT2D eigenvalue weighted by atomic mass is 19.3. The van der Waals surface area contributed by atoms with E-state index in [2.05, 4.69) is 10.3 Å². The molecule has 0 aliphatic carbocycles. The van der Waals surface area contributed by atoms with Gasteiger partial charge in [0.25, 0.3) is 5.92 Å². The number of nitrogens with zero attached hydrogens (tertiary/aromatic N) is 4. The maximum Gasteiger partial charge on any atom is 0.257 e. The van der Waals surface area contributed by atoms with Gasteiger partial charge in [0.15, 0.2) is 5.82 Å². The Balaban J connectivity index is 1.42. The summed E-state index contributed by atoms with van der Waals surface area (Å²) in [4.78, 5) is 30.3. The number of aromatic nitrogens is 3. The highest BCUT2D eigenvalue weighted by Gasteiger charge is 2.46. The van der Waals surface area contributed by atoms with Gasteiger partial charge in [0.1, 0.15) is 11.6 Å². The molecule has 1 fully saturated rings. The van der Waals surface area contributed by atoms with E-state index in [1.807, 2.05) is 0 Å². The maximum absolute atomic E-state index is 14.7. The van der Waals surface area contributed by atoms with E-state index in [-0.39, 0.29) is 31.0 Å². The Labute approximate surface area is 199 Å². The van der Waals surface area contributed by atoms with Crippen molar-refractivity contribution in [2.24, 2.45) is 7.05 Å². The molecule has 35 heavy (non-hydrogen) atoms. The summed E-state index contributed by atoms with van der Waals surface area (Å²) in [5, 5.41) is 2.67. The smallest absolute Gasteiger partial charge is 0.257 e. The first kappa shape index (κ1) is 24.6. The molecule has 2 aromatic heterocycles. The number of imidazole rings is 1. The summed E-state index contributed by atoms with van der Waals surface area (Å²) in [7, 11) is 1.50. The minimum Gasteiger partial charge on any atom is -0.331 e. The summed E-state index contributed by atoms with van der Waals surface area (Å²) in [6, 6.07) is 5.14. The molecular weight excluding hydrogens is 466 g/mol. The number of carbonyl (C=O) groups is 1. The highest BCUT2D eigenvalue weighted by molar-refractivity contribution is 5.93. The summed E-state index contributed by atoms with van der Waals surface area (Å²) in [5.41, 5.74) is 0.436. The van der Waals surface area contributed by atoms with Gasteiger partial charge < -0.3 is 14.5 Å². The van der Waals surface area contributed by atoms with Gasteiger partial charge in [-0.2, -0.15) is 0 Å². The van der Waals surface area contributed by atoms with Gasteiger partial charge >= 0.3 is 0 Å². The molecule has 2 atom stereocenters. The minimum absolute atomic E-state index is 0.0312. The second-order valence-corrected chi connectivity index (χ2v) is 8.84. The molecule has 1 N–H and O–H groups in total. The standard InChI is InChI=1S/C24H25F4N5O2/c1-15(33-6-5-24(27,28)20(12-33)17-3-4-22(34)31(2)11-17)23(35)30-21-13-32(14-29-21)10-16-7-18(25)9-19(26)8-16/h3-4,7-9,11,13-15,20H,5-6,10,12H2,1-2H3,(H,30,35)/t15?,20-/m1/s1. The van der Waals surface area contributed by atoms with Crippen LogP contribution >= 0.6 is 0 Å². The highest BCUT2D eigenvalue weighted by Crippen LogP contribution is 2.40. The largest absolute Gasteiger partial charge is 0.331 e. The normalized spacial score (nSPS) is 18.9. The molecule has 7 nitrogen and oxygen atoms in total. The number of hydrogen-bond donors (Lipinski definition) is 1. The predicted octanol–water partition coefficient (Wildman–Crippen LogP) is 3.36. The lowest BCUT2D eigenvalue weighted by Gasteiger charge is -2.40. The summed E-state index contributed by atoms with van der Waals surface area (Å²) in [5.74, 6) is -5.70. The van der Waals surface area contributed by atoms with Crippen LogP contribution in [0.1, 0.15) is 30.4 Å². The molecule has 1 aliphatic rings. The third kappa shape index (κ3) is 5.61. The Morgan fingerprint density at radius 3 is 2.60 bits per heavy atom. The molecule has 3 aromatic rings. The number of likely N-dealkylation sites (tertiary alicyclic amines) is 1. The van der Waals surface area contributed by atoms with Gasteiger partial charge in [-0.3, -0.25) is 14.5 Å². The minimum atomic E-state index is -2.97. The van der Waals surface area contributed by atoms with E-state index in [1.165, 1.54) is 54.6 Å². The van der Waals surface area contributed by atoms with Crippen molar-refractivity contribution in [1.29, 1.82) is 0 Å². The van der Waals surface area contributed by atoms with Crippen molar-refractivity contribution < 1.29 is 22.4 Å². The van der Waals surface area contributed by atoms with Crippen LogP contribution < -0.4 is 10.9 Å². The number of piperidine rings is 1. The van der Waals surface area contributed by atoms with Crippen LogP contribution in [0, 0.1) is 11.6 Å². The van der Waals surface area contributed by atoms with Crippen LogP contribution in [-0.2, 0) is 18.4 Å². The zero-order chi connectivity index (χ0) is 25.3. The molecule has 1 aliphatic heterocycles. The number of rotatable bonds is 6. The number of hydrogen-bond acceptors (Lipinski definition) is 4. The molecule has 4 rings (SSSR count). The first-order valence-corrected chi connectivity index (χ1v) is 11.1. The van der Waals surface area contributed by atoms with Crippen LogP contribution in [0.15, 0.2) is 53.8 Å². The van der Waals surface area contributed by atoms with E-state index in [0.717, 1.165) is 6.07 Å². The van der Waals surface area contributed by atoms with Gasteiger partial charge in [-0.05, 0) is 30.2 Å². The molecular formula is C24H25F4N5O2. The molecule has 1 amide bonds. The fourth-order valence-corrected chi connectivity index (χ4v) is 4.27. The van der Waals surface area contributed by atoms with Crippen LogP contribution in [0.25, 0.3) is 0 Å². The monoisotopic (exact) mass is 491 g/mol. The topological polar surface area (TPSA) is 72.2 Å². The summed E-state index contributed by atoms with van der Waals surface area (Å²) >= 11 is 0. The maximum atomic E-state index is 14.7. The van der Waals surface area contributed by atoms with Crippen molar-refractivity contribution in [3.63, 3.8) is 0 Å². The van der Waals surface area contributed by atoms with Crippen LogP contribution in [0.5, 0.6) is 0 Å². The average molecular weight is 491 g/mol. The SMILES string of the molecule is CC(C(=O)Nc1cn(Cc2cc(F)cc(F)c2)cn1)N1CCC(F)(F)[C@@H](c2ccc(=O)n(C)c2)C1. The first-order valence-electron chi connectivity index (χ1n) is 11.1. The van der Waals surface area contributed by atoms with Crippen molar-refractivity contribution >= 4 is 11.7 Å². The second kappa shape index (κ2) is 9.65. The fraction of sp³-hybridized carbons (Fsp3) is 0.375. The molecule has 1 unspecified atom stereocenters. The van der Waals surface area contributed by atoms with Gasteiger partial charge in [-0.15, -0.1) is 0 Å². The van der Waals surface area contributed by atoms with E-state index >= 15 is 0 Å². The van der Waals surface area contributed by atoms with Crippen molar-refractivity contribution in [3.8, 4) is 0 Å². The van der Waals surface area contributed by atoms with Crippen molar-refractivity contribution in [3.05, 3.63) is 82.2 Å². The molecule has 0 saturated carbocycles. The third-order valence-corrected chi connectivity index (χ3v) is 6.27. The quantitative estimate of drug-likeness (QED) is 0.537.